The highest BCUT2D eigenvalue weighted by atomic mass is 32.2. The molecular formula is C39H39F3O3S2. The van der Waals surface area contributed by atoms with Crippen molar-refractivity contribution in [2.75, 3.05) is 0 Å². The van der Waals surface area contributed by atoms with E-state index >= 15 is 0 Å². The molecule has 0 aliphatic rings. The zero-order chi connectivity index (χ0) is 34.6. The van der Waals surface area contributed by atoms with Gasteiger partial charge in [-0.3, -0.25) is 0 Å². The van der Waals surface area contributed by atoms with Crippen molar-refractivity contribution >= 4 is 21.0 Å². The molecule has 0 N–H and O–H groups in total. The Morgan fingerprint density at radius 3 is 1.28 bits per heavy atom. The standard InChI is InChI=1S/C38H39S.CHF3O3S/c1-37(2,3)30-24-20-28(21-25-30)34-18-13-19-35(36(34)29-22-26-31(27-23-29)38(4,5)6)39(32-14-9-7-10-15-32)33-16-11-8-12-17-33;2-1(3,4)8(5,6)7/h7-27H,1-6H3;(H,5,6,7)/q+1;/p-1. The van der Waals surface area contributed by atoms with Gasteiger partial charge in [-0.2, -0.15) is 13.2 Å². The van der Waals surface area contributed by atoms with E-state index in [1.165, 1.54) is 48.1 Å². The maximum atomic E-state index is 10.7. The van der Waals surface area contributed by atoms with Gasteiger partial charge in [-0.05, 0) is 69.0 Å². The molecule has 0 aliphatic carbocycles. The first-order valence-corrected chi connectivity index (χ1v) is 17.7. The minimum absolute atomic E-state index is 0.113. The molecule has 0 amide bonds. The molecule has 0 bridgehead atoms. The fraction of sp³-hybridized carbons (Fsp3) is 0.231. The van der Waals surface area contributed by atoms with Crippen molar-refractivity contribution < 1.29 is 26.1 Å². The Bertz CT molecular complexity index is 1830. The van der Waals surface area contributed by atoms with E-state index in [1.54, 1.807) is 0 Å². The Hall–Kier alpha value is -3.85. The highest BCUT2D eigenvalue weighted by molar-refractivity contribution is 7.97. The summed E-state index contributed by atoms with van der Waals surface area (Å²) in [6.45, 7) is 13.7. The summed E-state index contributed by atoms with van der Waals surface area (Å²) in [6, 6.07) is 47.2. The van der Waals surface area contributed by atoms with Crippen molar-refractivity contribution in [3.8, 4) is 22.3 Å². The number of alkyl halides is 3. The lowest BCUT2D eigenvalue weighted by molar-refractivity contribution is -0.0517. The fourth-order valence-electron chi connectivity index (χ4n) is 5.03. The van der Waals surface area contributed by atoms with Gasteiger partial charge in [0, 0.05) is 5.56 Å². The van der Waals surface area contributed by atoms with E-state index in [9.17, 15) is 13.2 Å². The molecule has 5 aromatic carbocycles. The molecule has 0 saturated heterocycles. The van der Waals surface area contributed by atoms with E-state index in [-0.39, 0.29) is 21.7 Å². The summed E-state index contributed by atoms with van der Waals surface area (Å²) < 4.78 is 58.9. The largest absolute Gasteiger partial charge is 0.741 e. The molecule has 0 atom stereocenters. The molecule has 47 heavy (non-hydrogen) atoms. The molecule has 246 valence electrons. The van der Waals surface area contributed by atoms with Crippen LogP contribution in [0.15, 0.2) is 142 Å². The molecule has 0 saturated carbocycles. The van der Waals surface area contributed by atoms with Crippen molar-refractivity contribution in [3.05, 3.63) is 139 Å². The summed E-state index contributed by atoms with van der Waals surface area (Å²) in [7, 11) is -6.34. The van der Waals surface area contributed by atoms with Gasteiger partial charge in [0.15, 0.2) is 24.8 Å². The Morgan fingerprint density at radius 1 is 0.532 bits per heavy atom. The van der Waals surface area contributed by atoms with Crippen LogP contribution in [0.3, 0.4) is 0 Å². The van der Waals surface area contributed by atoms with Crippen molar-refractivity contribution in [3.63, 3.8) is 0 Å². The smallest absolute Gasteiger partial charge is 0.485 e. The number of hydrogen-bond acceptors (Lipinski definition) is 3. The highest BCUT2D eigenvalue weighted by Gasteiger charge is 2.37. The molecule has 0 heterocycles. The van der Waals surface area contributed by atoms with Crippen LogP contribution in [0.1, 0.15) is 52.7 Å². The summed E-state index contributed by atoms with van der Waals surface area (Å²) in [5, 5.41) is 0. The second kappa shape index (κ2) is 14.1. The van der Waals surface area contributed by atoms with Crippen LogP contribution in [0, 0.1) is 0 Å². The van der Waals surface area contributed by atoms with Crippen LogP contribution in [0.25, 0.3) is 22.3 Å². The summed E-state index contributed by atoms with van der Waals surface area (Å²) in [5.74, 6) is 0. The Balaban J connectivity index is 0.000000555. The predicted molar refractivity (Wildman–Crippen MR) is 186 cm³/mol. The van der Waals surface area contributed by atoms with Gasteiger partial charge >= 0.3 is 5.51 Å². The molecule has 0 aliphatic heterocycles. The topological polar surface area (TPSA) is 57.2 Å². The Morgan fingerprint density at radius 2 is 0.915 bits per heavy atom. The molecule has 5 rings (SSSR count). The fourth-order valence-corrected chi connectivity index (χ4v) is 7.31. The number of rotatable bonds is 5. The van der Waals surface area contributed by atoms with Crippen LogP contribution in [0.4, 0.5) is 13.2 Å². The van der Waals surface area contributed by atoms with Gasteiger partial charge in [-0.25, -0.2) is 8.42 Å². The molecule has 0 spiro atoms. The normalized spacial score (nSPS) is 12.4. The van der Waals surface area contributed by atoms with Crippen molar-refractivity contribution in [1.82, 2.24) is 0 Å². The van der Waals surface area contributed by atoms with E-state index < -0.39 is 15.6 Å². The molecule has 0 fully saturated rings. The minimum atomic E-state index is -6.09. The lowest BCUT2D eigenvalue weighted by Gasteiger charge is -2.21. The van der Waals surface area contributed by atoms with Crippen LogP contribution in [-0.2, 0) is 31.8 Å². The minimum Gasteiger partial charge on any atom is -0.741 e. The SMILES string of the molecule is CC(C)(C)c1ccc(-c2cccc([S+](c3ccccc3)c3ccccc3)c2-c2ccc(C(C)(C)C)cc2)cc1.O=S(=O)([O-])C(F)(F)F. The molecule has 3 nitrogen and oxygen atoms in total. The zero-order valence-corrected chi connectivity index (χ0v) is 28.9. The van der Waals surface area contributed by atoms with Gasteiger partial charge in [-0.1, -0.05) is 139 Å². The van der Waals surface area contributed by atoms with Crippen molar-refractivity contribution in [1.29, 1.82) is 0 Å². The van der Waals surface area contributed by atoms with Crippen LogP contribution in [-0.4, -0.2) is 18.5 Å². The monoisotopic (exact) mass is 676 g/mol. The van der Waals surface area contributed by atoms with Gasteiger partial charge in [0.05, 0.1) is 10.9 Å². The van der Waals surface area contributed by atoms with Gasteiger partial charge in [0.2, 0.25) is 0 Å². The number of halogens is 3. The first kappa shape index (κ1) is 36.0. The average molecular weight is 677 g/mol. The number of benzene rings is 5. The van der Waals surface area contributed by atoms with E-state index in [4.69, 9.17) is 13.0 Å². The maximum absolute atomic E-state index is 10.7. The molecule has 0 aromatic heterocycles. The molecule has 0 unspecified atom stereocenters. The highest BCUT2D eigenvalue weighted by Crippen LogP contribution is 2.43. The van der Waals surface area contributed by atoms with Crippen molar-refractivity contribution in [2.45, 2.75) is 72.6 Å². The van der Waals surface area contributed by atoms with Gasteiger partial charge in [0.25, 0.3) is 0 Å². The lowest BCUT2D eigenvalue weighted by atomic mass is 9.84. The molecule has 5 aromatic rings. The van der Waals surface area contributed by atoms with E-state index in [0.29, 0.717) is 0 Å². The van der Waals surface area contributed by atoms with Crippen LogP contribution in [0.2, 0.25) is 0 Å². The molecule has 0 radical (unpaired) electrons. The number of hydrogen-bond donors (Lipinski definition) is 0. The van der Waals surface area contributed by atoms with Gasteiger partial charge in [0.1, 0.15) is 0 Å². The van der Waals surface area contributed by atoms with Crippen LogP contribution < -0.4 is 0 Å². The summed E-state index contributed by atoms with van der Waals surface area (Å²) in [5.41, 5.74) is 2.41. The quantitative estimate of drug-likeness (QED) is 0.106. The second-order valence-corrected chi connectivity index (χ2v) is 16.5. The zero-order valence-electron chi connectivity index (χ0n) is 27.3. The van der Waals surface area contributed by atoms with E-state index in [0.717, 1.165) is 0 Å². The van der Waals surface area contributed by atoms with E-state index in [1.807, 2.05) is 0 Å². The molecule has 8 heteroatoms. The average Bonchev–Trinajstić information content (AvgIpc) is 3.01. The third kappa shape index (κ3) is 8.95. The lowest BCUT2D eigenvalue weighted by Crippen LogP contribution is -2.21. The third-order valence-electron chi connectivity index (χ3n) is 7.59. The van der Waals surface area contributed by atoms with Crippen LogP contribution >= 0.6 is 0 Å². The summed E-state index contributed by atoms with van der Waals surface area (Å²) in [4.78, 5) is 4.02. The Labute approximate surface area is 279 Å². The van der Waals surface area contributed by atoms with Crippen LogP contribution in [0.5, 0.6) is 0 Å². The van der Waals surface area contributed by atoms with Gasteiger partial charge in [-0.15, -0.1) is 0 Å². The van der Waals surface area contributed by atoms with E-state index in [2.05, 4.69) is 169 Å². The summed E-state index contributed by atoms with van der Waals surface area (Å²) in [6.07, 6.45) is 0. The first-order valence-electron chi connectivity index (χ1n) is 15.1. The second-order valence-electron chi connectivity index (χ2n) is 13.2. The Kier molecular flexibility index (Phi) is 10.8. The van der Waals surface area contributed by atoms with Gasteiger partial charge < -0.3 is 4.55 Å². The summed E-state index contributed by atoms with van der Waals surface area (Å²) >= 11 is 0. The maximum Gasteiger partial charge on any atom is 0.485 e. The predicted octanol–water partition coefficient (Wildman–Crippen LogP) is 10.8. The van der Waals surface area contributed by atoms with Crippen molar-refractivity contribution in [2.24, 2.45) is 0 Å². The molecular weight excluding hydrogens is 638 g/mol. The first-order chi connectivity index (χ1) is 21.9. The third-order valence-corrected chi connectivity index (χ3v) is 10.4.